The summed E-state index contributed by atoms with van der Waals surface area (Å²) in [5, 5.41) is 2.99. The van der Waals surface area contributed by atoms with E-state index < -0.39 is 0 Å². The lowest BCUT2D eigenvalue weighted by molar-refractivity contribution is -0.122. The van der Waals surface area contributed by atoms with Gasteiger partial charge in [0.2, 0.25) is 5.91 Å². The molecule has 1 fully saturated rings. The summed E-state index contributed by atoms with van der Waals surface area (Å²) in [7, 11) is 0. The zero-order valence-electron chi connectivity index (χ0n) is 10.9. The van der Waals surface area contributed by atoms with Gasteiger partial charge >= 0.3 is 5.69 Å². The SMILES string of the molecule is CCCn1ccn(CC(=O)NC2CCCC2)c1=O. The van der Waals surface area contributed by atoms with Gasteiger partial charge in [0.1, 0.15) is 6.54 Å². The zero-order valence-corrected chi connectivity index (χ0v) is 10.9. The van der Waals surface area contributed by atoms with Gasteiger partial charge in [0.25, 0.3) is 0 Å². The number of aryl methyl sites for hydroxylation is 1. The maximum absolute atomic E-state index is 11.9. The van der Waals surface area contributed by atoms with Crippen LogP contribution < -0.4 is 11.0 Å². The summed E-state index contributed by atoms with van der Waals surface area (Å²) in [6.07, 6.45) is 8.86. The number of nitrogens with one attached hydrogen (secondary N) is 1. The second kappa shape index (κ2) is 5.89. The molecule has 0 unspecified atom stereocenters. The lowest BCUT2D eigenvalue weighted by atomic mass is 10.2. The van der Waals surface area contributed by atoms with E-state index in [1.807, 2.05) is 6.92 Å². The first-order valence-electron chi connectivity index (χ1n) is 6.75. The molecule has 0 atom stereocenters. The van der Waals surface area contributed by atoms with Gasteiger partial charge < -0.3 is 5.32 Å². The molecule has 0 spiro atoms. The van der Waals surface area contributed by atoms with Gasteiger partial charge in [0.05, 0.1) is 0 Å². The fourth-order valence-electron chi connectivity index (χ4n) is 2.48. The molecule has 5 heteroatoms. The number of carbonyl (C=O) groups is 1. The number of hydrogen-bond donors (Lipinski definition) is 1. The third-order valence-electron chi connectivity index (χ3n) is 3.42. The Balaban J connectivity index is 1.92. The Kier molecular flexibility index (Phi) is 4.23. The summed E-state index contributed by atoms with van der Waals surface area (Å²) < 4.78 is 3.11. The molecular formula is C13H21N3O2. The number of aromatic nitrogens is 2. The predicted octanol–water partition coefficient (Wildman–Crippen LogP) is 1.12. The molecule has 1 aliphatic rings. The number of carbonyl (C=O) groups excluding carboxylic acids is 1. The normalized spacial score (nSPS) is 16.1. The standard InChI is InChI=1S/C13H21N3O2/c1-2-7-15-8-9-16(13(15)18)10-12(17)14-11-5-3-4-6-11/h8-9,11H,2-7,10H2,1H3,(H,14,17). The highest BCUT2D eigenvalue weighted by Crippen LogP contribution is 2.17. The van der Waals surface area contributed by atoms with Gasteiger partial charge in [-0.15, -0.1) is 0 Å². The molecule has 5 nitrogen and oxygen atoms in total. The van der Waals surface area contributed by atoms with E-state index in [1.54, 1.807) is 17.0 Å². The number of hydrogen-bond acceptors (Lipinski definition) is 2. The Morgan fingerprint density at radius 3 is 2.67 bits per heavy atom. The lowest BCUT2D eigenvalue weighted by Gasteiger charge is -2.11. The molecule has 1 N–H and O–H groups in total. The quantitative estimate of drug-likeness (QED) is 0.852. The second-order valence-electron chi connectivity index (χ2n) is 4.95. The number of nitrogens with zero attached hydrogens (tertiary/aromatic N) is 2. The third kappa shape index (κ3) is 3.03. The van der Waals surface area contributed by atoms with Crippen LogP contribution in [0.15, 0.2) is 17.2 Å². The summed E-state index contributed by atoms with van der Waals surface area (Å²) in [6, 6.07) is 0.311. The molecule has 0 aliphatic heterocycles. The average molecular weight is 251 g/mol. The van der Waals surface area contributed by atoms with Crippen LogP contribution in [0.1, 0.15) is 39.0 Å². The van der Waals surface area contributed by atoms with Crippen LogP contribution in [0.4, 0.5) is 0 Å². The van der Waals surface area contributed by atoms with Crippen molar-refractivity contribution < 1.29 is 4.79 Å². The van der Waals surface area contributed by atoms with Crippen molar-refractivity contribution in [2.45, 2.75) is 58.2 Å². The van der Waals surface area contributed by atoms with Crippen molar-refractivity contribution in [3.63, 3.8) is 0 Å². The Labute approximate surface area is 107 Å². The van der Waals surface area contributed by atoms with Gasteiger partial charge in [-0.2, -0.15) is 0 Å². The molecular weight excluding hydrogens is 230 g/mol. The first-order chi connectivity index (χ1) is 8.70. The summed E-state index contributed by atoms with van der Waals surface area (Å²) in [4.78, 5) is 23.7. The van der Waals surface area contributed by atoms with Crippen LogP contribution in [-0.2, 0) is 17.9 Å². The van der Waals surface area contributed by atoms with Crippen molar-refractivity contribution in [2.75, 3.05) is 0 Å². The van der Waals surface area contributed by atoms with E-state index in [2.05, 4.69) is 5.32 Å². The maximum atomic E-state index is 11.9. The molecule has 1 heterocycles. The molecule has 1 aliphatic carbocycles. The molecule has 0 saturated heterocycles. The van der Waals surface area contributed by atoms with Gasteiger partial charge in [-0.25, -0.2) is 4.79 Å². The summed E-state index contributed by atoms with van der Waals surface area (Å²) >= 11 is 0. The summed E-state index contributed by atoms with van der Waals surface area (Å²) in [5.74, 6) is -0.0572. The highest BCUT2D eigenvalue weighted by atomic mass is 16.2. The molecule has 18 heavy (non-hydrogen) atoms. The van der Waals surface area contributed by atoms with E-state index >= 15 is 0 Å². The molecule has 1 aromatic heterocycles. The molecule has 1 saturated carbocycles. The van der Waals surface area contributed by atoms with Crippen LogP contribution in [0.5, 0.6) is 0 Å². The fraction of sp³-hybridized carbons (Fsp3) is 0.692. The number of amides is 1. The van der Waals surface area contributed by atoms with E-state index in [-0.39, 0.29) is 18.1 Å². The van der Waals surface area contributed by atoms with E-state index in [0.29, 0.717) is 12.6 Å². The van der Waals surface area contributed by atoms with Gasteiger partial charge in [-0.3, -0.25) is 13.9 Å². The van der Waals surface area contributed by atoms with Crippen LogP contribution in [0, 0.1) is 0 Å². The van der Waals surface area contributed by atoms with Crippen LogP contribution >= 0.6 is 0 Å². The highest BCUT2D eigenvalue weighted by molar-refractivity contribution is 5.76. The zero-order chi connectivity index (χ0) is 13.0. The van der Waals surface area contributed by atoms with Crippen molar-refractivity contribution in [3.8, 4) is 0 Å². The van der Waals surface area contributed by atoms with Gasteiger partial charge in [0.15, 0.2) is 0 Å². The Morgan fingerprint density at radius 1 is 1.33 bits per heavy atom. The van der Waals surface area contributed by atoms with Crippen molar-refractivity contribution in [3.05, 3.63) is 22.9 Å². The minimum absolute atomic E-state index is 0.0572. The molecule has 1 amide bonds. The molecule has 0 radical (unpaired) electrons. The van der Waals surface area contributed by atoms with Crippen LogP contribution in [0.3, 0.4) is 0 Å². The van der Waals surface area contributed by atoms with Crippen molar-refractivity contribution in [1.29, 1.82) is 0 Å². The van der Waals surface area contributed by atoms with Crippen LogP contribution in [0.25, 0.3) is 0 Å². The third-order valence-corrected chi connectivity index (χ3v) is 3.42. The second-order valence-corrected chi connectivity index (χ2v) is 4.95. The molecule has 0 bridgehead atoms. The van der Waals surface area contributed by atoms with Gasteiger partial charge in [-0.05, 0) is 19.3 Å². The number of rotatable bonds is 5. The van der Waals surface area contributed by atoms with Crippen molar-refractivity contribution in [1.82, 2.24) is 14.5 Å². The Hall–Kier alpha value is -1.52. The summed E-state index contributed by atoms with van der Waals surface area (Å²) in [5.41, 5.74) is -0.0987. The Morgan fingerprint density at radius 2 is 2.00 bits per heavy atom. The monoisotopic (exact) mass is 251 g/mol. The number of imidazole rings is 1. The minimum Gasteiger partial charge on any atom is -0.352 e. The molecule has 2 rings (SSSR count). The molecule has 100 valence electrons. The fourth-order valence-corrected chi connectivity index (χ4v) is 2.48. The van der Waals surface area contributed by atoms with Crippen LogP contribution in [-0.4, -0.2) is 21.1 Å². The topological polar surface area (TPSA) is 56.0 Å². The first-order valence-corrected chi connectivity index (χ1v) is 6.75. The maximum Gasteiger partial charge on any atom is 0.328 e. The lowest BCUT2D eigenvalue weighted by Crippen LogP contribution is -2.37. The highest BCUT2D eigenvalue weighted by Gasteiger charge is 2.17. The van der Waals surface area contributed by atoms with E-state index in [9.17, 15) is 9.59 Å². The van der Waals surface area contributed by atoms with Gasteiger partial charge in [0, 0.05) is 25.0 Å². The van der Waals surface area contributed by atoms with Crippen LogP contribution in [0.2, 0.25) is 0 Å². The van der Waals surface area contributed by atoms with E-state index in [0.717, 1.165) is 19.3 Å². The average Bonchev–Trinajstić information content (AvgIpc) is 2.94. The van der Waals surface area contributed by atoms with Crippen molar-refractivity contribution in [2.24, 2.45) is 0 Å². The minimum atomic E-state index is -0.0987. The summed E-state index contributed by atoms with van der Waals surface area (Å²) in [6.45, 7) is 2.86. The smallest absolute Gasteiger partial charge is 0.328 e. The Bertz CT molecular complexity index is 455. The largest absolute Gasteiger partial charge is 0.352 e. The van der Waals surface area contributed by atoms with E-state index in [1.165, 1.54) is 17.4 Å². The molecule has 0 aromatic carbocycles. The first kappa shape index (κ1) is 12.9. The van der Waals surface area contributed by atoms with E-state index in [4.69, 9.17) is 0 Å². The predicted molar refractivity (Wildman–Crippen MR) is 69.4 cm³/mol. The van der Waals surface area contributed by atoms with Crippen molar-refractivity contribution >= 4 is 5.91 Å². The van der Waals surface area contributed by atoms with Gasteiger partial charge in [-0.1, -0.05) is 19.8 Å². The molecule has 1 aromatic rings.